The lowest BCUT2D eigenvalue weighted by atomic mass is 9.64. The first-order valence-electron chi connectivity index (χ1n) is 8.40. The first-order valence-corrected chi connectivity index (χ1v) is 8.40. The fraction of sp³-hybridized carbons (Fsp3) is 0.579. The van der Waals surface area contributed by atoms with E-state index in [-0.39, 0.29) is 17.2 Å². The molecular formula is C19H28N2O2. The molecule has 0 heterocycles. The fourth-order valence-electron chi connectivity index (χ4n) is 3.65. The molecule has 0 spiro atoms. The van der Waals surface area contributed by atoms with E-state index in [0.717, 1.165) is 12.8 Å². The maximum absolute atomic E-state index is 12.8. The van der Waals surface area contributed by atoms with Crippen LogP contribution in [0.15, 0.2) is 24.3 Å². The highest BCUT2D eigenvalue weighted by atomic mass is 16.2. The summed E-state index contributed by atoms with van der Waals surface area (Å²) >= 11 is 0. The molecule has 0 radical (unpaired) electrons. The van der Waals surface area contributed by atoms with Gasteiger partial charge in [-0.2, -0.15) is 0 Å². The summed E-state index contributed by atoms with van der Waals surface area (Å²) in [5.41, 5.74) is 6.61. The van der Waals surface area contributed by atoms with Crippen LogP contribution in [-0.4, -0.2) is 11.8 Å². The molecule has 1 fully saturated rings. The molecule has 2 atom stereocenters. The van der Waals surface area contributed by atoms with Crippen LogP contribution in [0.5, 0.6) is 0 Å². The zero-order valence-electron chi connectivity index (χ0n) is 14.6. The second-order valence-electron chi connectivity index (χ2n) is 7.85. The van der Waals surface area contributed by atoms with Gasteiger partial charge in [0, 0.05) is 17.2 Å². The number of anilines is 1. The highest BCUT2D eigenvalue weighted by Crippen LogP contribution is 2.44. The molecule has 1 aliphatic rings. The van der Waals surface area contributed by atoms with Gasteiger partial charge in [-0.05, 0) is 60.8 Å². The number of nitrogens with two attached hydrogens (primary N) is 1. The molecule has 1 aliphatic carbocycles. The molecule has 1 aromatic rings. The number of primary amides is 1. The topological polar surface area (TPSA) is 72.2 Å². The van der Waals surface area contributed by atoms with E-state index in [1.54, 1.807) is 24.3 Å². The molecule has 2 rings (SSSR count). The summed E-state index contributed by atoms with van der Waals surface area (Å²) < 4.78 is 0. The molecule has 1 saturated carbocycles. The molecule has 4 nitrogen and oxygen atoms in total. The number of hydrogen-bond acceptors (Lipinski definition) is 2. The highest BCUT2D eigenvalue weighted by Gasteiger charge is 2.39. The number of benzene rings is 1. The molecule has 4 heteroatoms. The van der Waals surface area contributed by atoms with E-state index in [2.05, 4.69) is 33.0 Å². The Balaban J connectivity index is 2.11. The predicted octanol–water partition coefficient (Wildman–Crippen LogP) is 3.82. The maximum Gasteiger partial charge on any atom is 0.248 e. The third kappa shape index (κ3) is 4.34. The first-order chi connectivity index (χ1) is 10.7. The Morgan fingerprint density at radius 2 is 1.83 bits per heavy atom. The molecule has 0 aliphatic heterocycles. The van der Waals surface area contributed by atoms with Gasteiger partial charge in [-0.25, -0.2) is 0 Å². The van der Waals surface area contributed by atoms with Crippen LogP contribution < -0.4 is 11.1 Å². The molecule has 0 bridgehead atoms. The van der Waals surface area contributed by atoms with E-state index in [1.807, 2.05) is 0 Å². The molecule has 23 heavy (non-hydrogen) atoms. The Kier molecular flexibility index (Phi) is 5.12. The van der Waals surface area contributed by atoms with Crippen LogP contribution in [0.2, 0.25) is 0 Å². The summed E-state index contributed by atoms with van der Waals surface area (Å²) in [5.74, 6) is 0.585. The Hall–Kier alpha value is -1.84. The largest absolute Gasteiger partial charge is 0.366 e. The number of rotatable bonds is 4. The maximum atomic E-state index is 12.8. The van der Waals surface area contributed by atoms with Crippen molar-refractivity contribution in [1.82, 2.24) is 0 Å². The van der Waals surface area contributed by atoms with Crippen LogP contribution in [0.25, 0.3) is 0 Å². The second-order valence-corrected chi connectivity index (χ2v) is 7.85. The summed E-state index contributed by atoms with van der Waals surface area (Å²) in [6.07, 6.45) is 3.19. The molecule has 1 aromatic carbocycles. The van der Waals surface area contributed by atoms with E-state index in [9.17, 15) is 9.59 Å². The zero-order chi connectivity index (χ0) is 17.2. The van der Waals surface area contributed by atoms with E-state index in [1.165, 1.54) is 6.42 Å². The molecule has 126 valence electrons. The summed E-state index contributed by atoms with van der Waals surface area (Å²) in [4.78, 5) is 23.9. The lowest BCUT2D eigenvalue weighted by molar-refractivity contribution is -0.125. The first kappa shape index (κ1) is 17.5. The molecule has 0 saturated heterocycles. The smallest absolute Gasteiger partial charge is 0.248 e. The summed E-state index contributed by atoms with van der Waals surface area (Å²) in [6.45, 7) is 8.88. The van der Waals surface area contributed by atoms with E-state index >= 15 is 0 Å². The van der Waals surface area contributed by atoms with Gasteiger partial charge in [0.05, 0.1) is 0 Å². The van der Waals surface area contributed by atoms with Gasteiger partial charge in [0.15, 0.2) is 0 Å². The van der Waals surface area contributed by atoms with Crippen LogP contribution >= 0.6 is 0 Å². The van der Waals surface area contributed by atoms with Gasteiger partial charge >= 0.3 is 0 Å². The predicted molar refractivity (Wildman–Crippen MR) is 93.0 cm³/mol. The lowest BCUT2D eigenvalue weighted by Gasteiger charge is -2.41. The van der Waals surface area contributed by atoms with Crippen molar-refractivity contribution in [3.05, 3.63) is 29.8 Å². The Bertz CT molecular complexity index is 576. The molecule has 3 N–H and O–H groups in total. The van der Waals surface area contributed by atoms with Crippen LogP contribution in [0.4, 0.5) is 5.69 Å². The number of carbonyl (C=O) groups is 2. The summed E-state index contributed by atoms with van der Waals surface area (Å²) in [7, 11) is 0. The van der Waals surface area contributed by atoms with Crippen LogP contribution in [0, 0.1) is 23.2 Å². The van der Waals surface area contributed by atoms with Gasteiger partial charge < -0.3 is 11.1 Å². The lowest BCUT2D eigenvalue weighted by Crippen LogP contribution is -2.39. The minimum absolute atomic E-state index is 0.0366. The third-order valence-corrected chi connectivity index (χ3v) is 5.07. The average Bonchev–Trinajstić information content (AvgIpc) is 2.46. The van der Waals surface area contributed by atoms with Gasteiger partial charge in [0.2, 0.25) is 11.8 Å². The molecule has 2 amide bonds. The van der Waals surface area contributed by atoms with Crippen molar-refractivity contribution in [3.63, 3.8) is 0 Å². The van der Waals surface area contributed by atoms with E-state index in [4.69, 9.17) is 5.73 Å². The number of carbonyl (C=O) groups excluding carboxylic acids is 2. The fourth-order valence-corrected chi connectivity index (χ4v) is 3.65. The normalized spacial score (nSPS) is 23.5. The van der Waals surface area contributed by atoms with Crippen molar-refractivity contribution in [1.29, 1.82) is 0 Å². The van der Waals surface area contributed by atoms with Gasteiger partial charge in [-0.3, -0.25) is 9.59 Å². The monoisotopic (exact) mass is 316 g/mol. The van der Waals surface area contributed by atoms with Crippen molar-refractivity contribution in [2.24, 2.45) is 28.9 Å². The summed E-state index contributed by atoms with van der Waals surface area (Å²) in [6, 6.07) is 6.75. The summed E-state index contributed by atoms with van der Waals surface area (Å²) in [5, 5.41) is 3.01. The average molecular weight is 316 g/mol. The zero-order valence-corrected chi connectivity index (χ0v) is 14.6. The third-order valence-electron chi connectivity index (χ3n) is 5.07. The van der Waals surface area contributed by atoms with Gasteiger partial charge in [-0.1, -0.05) is 27.7 Å². The standard InChI is InChI=1S/C19H28N2O2/c1-12(2)15-9-10-19(3,4)11-16(15)18(23)21-14-7-5-13(6-8-14)17(20)22/h5-8,12,15-16H,9-11H2,1-4H3,(H2,20,22)(H,21,23). The van der Waals surface area contributed by atoms with Crippen molar-refractivity contribution in [3.8, 4) is 0 Å². The van der Waals surface area contributed by atoms with Crippen LogP contribution in [0.1, 0.15) is 57.3 Å². The molecular weight excluding hydrogens is 288 g/mol. The van der Waals surface area contributed by atoms with Gasteiger partial charge in [-0.15, -0.1) is 0 Å². The Morgan fingerprint density at radius 3 is 2.35 bits per heavy atom. The minimum Gasteiger partial charge on any atom is -0.366 e. The van der Waals surface area contributed by atoms with Crippen molar-refractivity contribution in [2.45, 2.75) is 47.0 Å². The number of hydrogen-bond donors (Lipinski definition) is 2. The van der Waals surface area contributed by atoms with Crippen molar-refractivity contribution in [2.75, 3.05) is 5.32 Å². The minimum atomic E-state index is -0.461. The number of nitrogens with one attached hydrogen (secondary N) is 1. The van der Waals surface area contributed by atoms with Gasteiger partial charge in [0.25, 0.3) is 0 Å². The Labute approximate surface area is 138 Å². The molecule has 2 unspecified atom stereocenters. The van der Waals surface area contributed by atoms with Gasteiger partial charge in [0.1, 0.15) is 0 Å². The van der Waals surface area contributed by atoms with E-state index in [0.29, 0.717) is 23.1 Å². The SMILES string of the molecule is CC(C)C1CCC(C)(C)CC1C(=O)Nc1ccc(C(N)=O)cc1. The van der Waals surface area contributed by atoms with Crippen LogP contribution in [0.3, 0.4) is 0 Å². The molecule has 0 aromatic heterocycles. The highest BCUT2D eigenvalue weighted by molar-refractivity contribution is 5.95. The van der Waals surface area contributed by atoms with Crippen molar-refractivity contribution < 1.29 is 9.59 Å². The van der Waals surface area contributed by atoms with E-state index < -0.39 is 5.91 Å². The van der Waals surface area contributed by atoms with Crippen molar-refractivity contribution >= 4 is 17.5 Å². The number of amides is 2. The Morgan fingerprint density at radius 1 is 1.22 bits per heavy atom. The second kappa shape index (κ2) is 6.73. The quantitative estimate of drug-likeness (QED) is 0.886. The van der Waals surface area contributed by atoms with Crippen LogP contribution in [-0.2, 0) is 4.79 Å².